The predicted molar refractivity (Wildman–Crippen MR) is 108 cm³/mol. The molecule has 0 spiro atoms. The highest BCUT2D eigenvalue weighted by molar-refractivity contribution is 5.85. The van der Waals surface area contributed by atoms with Crippen LogP contribution in [-0.2, 0) is 11.2 Å². The van der Waals surface area contributed by atoms with Crippen molar-refractivity contribution in [3.8, 4) is 5.75 Å². The minimum Gasteiger partial charge on any atom is -0.485 e. The van der Waals surface area contributed by atoms with Crippen molar-refractivity contribution in [3.63, 3.8) is 0 Å². The van der Waals surface area contributed by atoms with E-state index in [2.05, 4.69) is 42.5 Å². The maximum absolute atomic E-state index is 10.1. The second-order valence-corrected chi connectivity index (χ2v) is 6.25. The second-order valence-electron chi connectivity index (χ2n) is 6.25. The van der Waals surface area contributed by atoms with Crippen molar-refractivity contribution in [1.82, 2.24) is 0 Å². The lowest BCUT2D eigenvalue weighted by Crippen LogP contribution is -2.14. The van der Waals surface area contributed by atoms with Crippen molar-refractivity contribution >= 4 is 12.0 Å². The standard InChI is InChI=1S/C15H14O.C9H8O2/c1-2-6-12(7-3-1)15-11-10-13-8-4-5-9-14(13)16-15;10-9(11)7-6-8-4-2-1-3-5-8/h1-9,15H,10-11H2;1-7H,(H,10,11). The van der Waals surface area contributed by atoms with Crippen LogP contribution in [-0.4, -0.2) is 11.1 Å². The highest BCUT2D eigenvalue weighted by atomic mass is 16.5. The zero-order chi connectivity index (χ0) is 18.9. The summed E-state index contributed by atoms with van der Waals surface area (Å²) in [7, 11) is 0. The molecule has 1 heterocycles. The van der Waals surface area contributed by atoms with Gasteiger partial charge in [0.05, 0.1) is 0 Å². The van der Waals surface area contributed by atoms with E-state index in [0.717, 1.165) is 30.2 Å². The lowest BCUT2D eigenvalue weighted by molar-refractivity contribution is -0.131. The van der Waals surface area contributed by atoms with Crippen LogP contribution < -0.4 is 4.74 Å². The Kier molecular flexibility index (Phi) is 6.42. The van der Waals surface area contributed by atoms with Gasteiger partial charge in [-0.3, -0.25) is 0 Å². The fraction of sp³-hybridized carbons (Fsp3) is 0.125. The number of hydrogen-bond donors (Lipinski definition) is 1. The highest BCUT2D eigenvalue weighted by Crippen LogP contribution is 2.34. The minimum absolute atomic E-state index is 0.219. The molecule has 0 aromatic heterocycles. The van der Waals surface area contributed by atoms with Crippen molar-refractivity contribution in [2.75, 3.05) is 0 Å². The summed E-state index contributed by atoms with van der Waals surface area (Å²) in [5.74, 6) is 0.122. The summed E-state index contributed by atoms with van der Waals surface area (Å²) < 4.78 is 6.02. The first-order valence-corrected chi connectivity index (χ1v) is 8.98. The first-order chi connectivity index (χ1) is 13.2. The average Bonchev–Trinajstić information content (AvgIpc) is 2.74. The molecule has 1 unspecified atom stereocenters. The first-order valence-electron chi connectivity index (χ1n) is 8.98. The summed E-state index contributed by atoms with van der Waals surface area (Å²) in [6.45, 7) is 0. The van der Waals surface area contributed by atoms with Gasteiger partial charge in [-0.1, -0.05) is 78.9 Å². The number of aryl methyl sites for hydroxylation is 1. The summed E-state index contributed by atoms with van der Waals surface area (Å²) in [4.78, 5) is 10.1. The summed E-state index contributed by atoms with van der Waals surface area (Å²) in [5.41, 5.74) is 3.50. The van der Waals surface area contributed by atoms with Gasteiger partial charge in [0.2, 0.25) is 0 Å². The van der Waals surface area contributed by atoms with Crippen LogP contribution in [0, 0.1) is 0 Å². The van der Waals surface area contributed by atoms with Crippen LogP contribution in [0.4, 0.5) is 0 Å². The molecule has 0 saturated carbocycles. The van der Waals surface area contributed by atoms with Crippen molar-refractivity contribution in [2.24, 2.45) is 0 Å². The van der Waals surface area contributed by atoms with Gasteiger partial charge in [0, 0.05) is 6.08 Å². The molecular formula is C24H22O3. The van der Waals surface area contributed by atoms with E-state index in [1.807, 2.05) is 42.5 Å². The lowest BCUT2D eigenvalue weighted by atomic mass is 9.98. The zero-order valence-corrected chi connectivity index (χ0v) is 15.0. The number of hydrogen-bond acceptors (Lipinski definition) is 2. The van der Waals surface area contributed by atoms with Gasteiger partial charge in [-0.15, -0.1) is 0 Å². The molecule has 0 amide bonds. The van der Waals surface area contributed by atoms with Crippen LogP contribution in [0.3, 0.4) is 0 Å². The minimum atomic E-state index is -0.922. The Hall–Kier alpha value is -3.33. The van der Waals surface area contributed by atoms with E-state index in [1.54, 1.807) is 6.08 Å². The van der Waals surface area contributed by atoms with Crippen LogP contribution in [0.2, 0.25) is 0 Å². The summed E-state index contributed by atoms with van der Waals surface area (Å²) >= 11 is 0. The Balaban J connectivity index is 0.000000168. The predicted octanol–water partition coefficient (Wildman–Crippen LogP) is 5.54. The van der Waals surface area contributed by atoms with Gasteiger partial charge in [0.15, 0.2) is 0 Å². The maximum Gasteiger partial charge on any atom is 0.328 e. The second kappa shape index (κ2) is 9.39. The first kappa shape index (κ1) is 18.5. The van der Waals surface area contributed by atoms with E-state index in [0.29, 0.717) is 0 Å². The largest absolute Gasteiger partial charge is 0.485 e. The van der Waals surface area contributed by atoms with E-state index in [4.69, 9.17) is 9.84 Å². The van der Waals surface area contributed by atoms with Gasteiger partial charge in [0.25, 0.3) is 0 Å². The third-order valence-electron chi connectivity index (χ3n) is 4.31. The molecule has 1 aliphatic heterocycles. The van der Waals surface area contributed by atoms with E-state index in [-0.39, 0.29) is 6.10 Å². The molecule has 0 fully saturated rings. The van der Waals surface area contributed by atoms with Crippen molar-refractivity contribution < 1.29 is 14.6 Å². The molecule has 3 aromatic carbocycles. The Labute approximate surface area is 159 Å². The van der Waals surface area contributed by atoms with Crippen LogP contribution >= 0.6 is 0 Å². The van der Waals surface area contributed by atoms with E-state index in [9.17, 15) is 4.79 Å². The number of carboxylic acid groups (broad SMARTS) is 1. The number of benzene rings is 3. The average molecular weight is 358 g/mol. The van der Waals surface area contributed by atoms with Crippen molar-refractivity contribution in [3.05, 3.63) is 108 Å². The normalized spacial score (nSPS) is 15.2. The van der Waals surface area contributed by atoms with Crippen molar-refractivity contribution in [1.29, 1.82) is 0 Å². The number of rotatable bonds is 3. The summed E-state index contributed by atoms with van der Waals surface area (Å²) in [6.07, 6.45) is 5.07. The van der Waals surface area contributed by atoms with Gasteiger partial charge in [0.1, 0.15) is 11.9 Å². The third kappa shape index (κ3) is 5.58. The summed E-state index contributed by atoms with van der Waals surface area (Å²) in [6, 6.07) is 28.1. The van der Waals surface area contributed by atoms with Crippen LogP contribution in [0.1, 0.15) is 29.2 Å². The molecule has 1 N–H and O–H groups in total. The molecule has 3 heteroatoms. The Morgan fingerprint density at radius 1 is 0.889 bits per heavy atom. The van der Waals surface area contributed by atoms with Gasteiger partial charge in [-0.25, -0.2) is 4.79 Å². The number of fused-ring (bicyclic) bond motifs is 1. The Morgan fingerprint density at radius 3 is 2.22 bits per heavy atom. The molecule has 0 radical (unpaired) electrons. The van der Waals surface area contributed by atoms with Crippen molar-refractivity contribution in [2.45, 2.75) is 18.9 Å². The molecule has 4 rings (SSSR count). The number of ether oxygens (including phenoxy) is 1. The van der Waals surface area contributed by atoms with E-state index in [1.165, 1.54) is 11.1 Å². The number of carbonyl (C=O) groups is 1. The highest BCUT2D eigenvalue weighted by Gasteiger charge is 2.20. The summed E-state index contributed by atoms with van der Waals surface area (Å²) in [5, 5.41) is 8.29. The molecule has 27 heavy (non-hydrogen) atoms. The molecular weight excluding hydrogens is 336 g/mol. The van der Waals surface area contributed by atoms with Crippen LogP contribution in [0.15, 0.2) is 91.0 Å². The van der Waals surface area contributed by atoms with Gasteiger partial charge in [-0.05, 0) is 41.7 Å². The topological polar surface area (TPSA) is 46.5 Å². The number of aliphatic carboxylic acids is 1. The van der Waals surface area contributed by atoms with Crippen LogP contribution in [0.25, 0.3) is 6.08 Å². The van der Waals surface area contributed by atoms with E-state index >= 15 is 0 Å². The van der Waals surface area contributed by atoms with Gasteiger partial charge < -0.3 is 9.84 Å². The molecule has 136 valence electrons. The third-order valence-corrected chi connectivity index (χ3v) is 4.31. The molecule has 0 bridgehead atoms. The van der Waals surface area contributed by atoms with Crippen LogP contribution in [0.5, 0.6) is 5.75 Å². The SMILES string of the molecule is O=C(O)C=Cc1ccccc1.c1ccc(C2CCc3ccccc3O2)cc1. The Bertz CT molecular complexity index is 886. The number of para-hydroxylation sites is 1. The monoisotopic (exact) mass is 358 g/mol. The molecule has 3 nitrogen and oxygen atoms in total. The van der Waals surface area contributed by atoms with Gasteiger partial charge in [-0.2, -0.15) is 0 Å². The van der Waals surface area contributed by atoms with E-state index < -0.39 is 5.97 Å². The zero-order valence-electron chi connectivity index (χ0n) is 15.0. The molecule has 3 aromatic rings. The smallest absolute Gasteiger partial charge is 0.328 e. The lowest BCUT2D eigenvalue weighted by Gasteiger charge is -2.26. The number of carboxylic acids is 1. The van der Waals surface area contributed by atoms with Gasteiger partial charge >= 0.3 is 5.97 Å². The Morgan fingerprint density at radius 2 is 1.52 bits per heavy atom. The quantitative estimate of drug-likeness (QED) is 0.626. The molecule has 0 aliphatic carbocycles. The molecule has 1 aliphatic rings. The fourth-order valence-electron chi connectivity index (χ4n) is 2.96. The maximum atomic E-state index is 10.1. The fourth-order valence-corrected chi connectivity index (χ4v) is 2.96. The molecule has 1 atom stereocenters. The molecule has 0 saturated heterocycles.